The molecule has 0 bridgehead atoms. The Hall–Kier alpha value is -3.57. The number of ketones is 1. The van der Waals surface area contributed by atoms with Gasteiger partial charge in [0.1, 0.15) is 17.9 Å². The summed E-state index contributed by atoms with van der Waals surface area (Å²) in [5.74, 6) is -4.03. The summed E-state index contributed by atoms with van der Waals surface area (Å²) in [6.07, 6.45) is 1.73. The molecule has 0 fully saturated rings. The molecule has 2 atom stereocenters. The first-order valence-electron chi connectivity index (χ1n) is 9.52. The van der Waals surface area contributed by atoms with Crippen LogP contribution in [0.25, 0.3) is 0 Å². The molecule has 1 rings (SSSR count). The molecule has 31 heavy (non-hydrogen) atoms. The van der Waals surface area contributed by atoms with Crippen LogP contribution in [0.2, 0.25) is 0 Å². The quantitative estimate of drug-likeness (QED) is 0.220. The molecule has 12 heteroatoms. The molecule has 3 amide bonds. The number of pyridine rings is 1. The van der Waals surface area contributed by atoms with Gasteiger partial charge in [0.15, 0.2) is 0 Å². The molecule has 1 heterocycles. The lowest BCUT2D eigenvalue weighted by Gasteiger charge is -2.18. The van der Waals surface area contributed by atoms with Crippen LogP contribution >= 0.6 is 0 Å². The molecule has 0 aliphatic heterocycles. The Bertz CT molecular complexity index is 801. The first kappa shape index (κ1) is 25.5. The average molecular weight is 439 g/mol. The van der Waals surface area contributed by atoms with E-state index in [9.17, 15) is 33.5 Å². The van der Waals surface area contributed by atoms with Gasteiger partial charge in [0, 0.05) is 19.2 Å². The van der Waals surface area contributed by atoms with Crippen molar-refractivity contribution in [1.82, 2.24) is 20.9 Å². The minimum Gasteiger partial charge on any atom is -0.480 e. The van der Waals surface area contributed by atoms with Gasteiger partial charge in [0.2, 0.25) is 5.95 Å². The van der Waals surface area contributed by atoms with Crippen molar-refractivity contribution in [2.24, 2.45) is 0 Å². The van der Waals surface area contributed by atoms with Gasteiger partial charge in [-0.05, 0) is 44.7 Å². The maximum absolute atomic E-state index is 12.7. The zero-order valence-electron chi connectivity index (χ0n) is 16.9. The van der Waals surface area contributed by atoms with Gasteiger partial charge in [-0.1, -0.05) is 0 Å². The van der Waals surface area contributed by atoms with Crippen molar-refractivity contribution in [1.29, 1.82) is 0 Å². The molecule has 170 valence electrons. The second-order valence-electron chi connectivity index (χ2n) is 6.76. The highest BCUT2D eigenvalue weighted by Crippen LogP contribution is 2.04. The topological polar surface area (TPSA) is 175 Å². The van der Waals surface area contributed by atoms with Crippen LogP contribution in [0, 0.1) is 5.95 Å². The number of urea groups is 1. The molecule has 5 N–H and O–H groups in total. The molecule has 0 aliphatic carbocycles. The molecular weight excluding hydrogens is 414 g/mol. The van der Waals surface area contributed by atoms with Crippen LogP contribution in [0.4, 0.5) is 9.18 Å². The van der Waals surface area contributed by atoms with E-state index in [0.717, 1.165) is 12.3 Å². The van der Waals surface area contributed by atoms with Crippen LogP contribution in [-0.4, -0.2) is 63.5 Å². The van der Waals surface area contributed by atoms with Crippen LogP contribution < -0.4 is 16.0 Å². The lowest BCUT2D eigenvalue weighted by molar-refractivity contribution is -0.139. The van der Waals surface area contributed by atoms with Gasteiger partial charge in [-0.2, -0.15) is 4.39 Å². The van der Waals surface area contributed by atoms with Gasteiger partial charge in [0.25, 0.3) is 5.91 Å². The number of hydrogen-bond donors (Lipinski definition) is 5. The number of aliphatic carboxylic acids is 2. The number of aromatic nitrogens is 1. The third kappa shape index (κ3) is 10.1. The Labute approximate surface area is 177 Å². The Morgan fingerprint density at radius 1 is 1.00 bits per heavy atom. The van der Waals surface area contributed by atoms with E-state index in [1.807, 2.05) is 0 Å². The van der Waals surface area contributed by atoms with Gasteiger partial charge in [0.05, 0.1) is 5.56 Å². The van der Waals surface area contributed by atoms with Crippen molar-refractivity contribution < 1.29 is 38.6 Å². The number of amides is 3. The van der Waals surface area contributed by atoms with Crippen molar-refractivity contribution >= 4 is 29.7 Å². The van der Waals surface area contributed by atoms with Gasteiger partial charge in [-0.15, -0.1) is 0 Å². The third-order valence-corrected chi connectivity index (χ3v) is 4.19. The number of hydrogen-bond acceptors (Lipinski definition) is 6. The highest BCUT2D eigenvalue weighted by atomic mass is 18.2. The molecule has 0 radical (unpaired) electrons. The minimum atomic E-state index is -1.34. The van der Waals surface area contributed by atoms with E-state index in [1.54, 1.807) is 0 Å². The summed E-state index contributed by atoms with van der Waals surface area (Å²) in [6, 6.07) is -1.23. The second kappa shape index (κ2) is 12.9. The lowest BCUT2D eigenvalue weighted by atomic mass is 10.1. The number of carbonyl (C=O) groups excluding carboxylic acids is 3. The summed E-state index contributed by atoms with van der Waals surface area (Å²) in [5.41, 5.74) is 0.181. The van der Waals surface area contributed by atoms with Crippen molar-refractivity contribution in [3.8, 4) is 0 Å². The fourth-order valence-electron chi connectivity index (χ4n) is 2.51. The smallest absolute Gasteiger partial charge is 0.326 e. The fraction of sp³-hybridized carbons (Fsp3) is 0.474. The Morgan fingerprint density at radius 2 is 1.61 bits per heavy atom. The maximum atomic E-state index is 12.7. The average Bonchev–Trinajstić information content (AvgIpc) is 2.69. The first-order chi connectivity index (χ1) is 14.6. The van der Waals surface area contributed by atoms with Crippen molar-refractivity contribution in [3.63, 3.8) is 0 Å². The lowest BCUT2D eigenvalue weighted by Crippen LogP contribution is -2.51. The third-order valence-electron chi connectivity index (χ3n) is 4.19. The van der Waals surface area contributed by atoms with E-state index in [2.05, 4.69) is 20.9 Å². The van der Waals surface area contributed by atoms with Gasteiger partial charge in [-0.25, -0.2) is 19.4 Å². The number of Topliss-reactive ketones (excluding diaryl/α,β-unsaturated/α-hetero) is 1. The van der Waals surface area contributed by atoms with E-state index in [-0.39, 0.29) is 37.2 Å². The molecule has 0 saturated carbocycles. The predicted octanol–water partition coefficient (Wildman–Crippen LogP) is 0.696. The largest absolute Gasteiger partial charge is 0.480 e. The highest BCUT2D eigenvalue weighted by Gasteiger charge is 2.24. The molecular formula is C19H25FN4O7. The SMILES string of the molecule is CC(=O)CC[C@H](NC(=O)N[C@@H](CCCCNC(=O)c1ccc([18F])nc1)C(=O)O)C(=O)O. The Morgan fingerprint density at radius 3 is 2.13 bits per heavy atom. The number of rotatable bonds is 13. The first-order valence-corrected chi connectivity index (χ1v) is 9.52. The predicted molar refractivity (Wildman–Crippen MR) is 105 cm³/mol. The number of unbranched alkanes of at least 4 members (excludes halogenated alkanes) is 1. The van der Waals surface area contributed by atoms with Crippen molar-refractivity contribution in [3.05, 3.63) is 29.8 Å². The molecule has 1 aromatic heterocycles. The fourth-order valence-corrected chi connectivity index (χ4v) is 2.51. The highest BCUT2D eigenvalue weighted by molar-refractivity contribution is 5.93. The summed E-state index contributed by atoms with van der Waals surface area (Å²) >= 11 is 0. The van der Waals surface area contributed by atoms with E-state index in [0.29, 0.717) is 12.8 Å². The molecule has 0 aliphatic rings. The monoisotopic (exact) mass is 439 g/mol. The van der Waals surface area contributed by atoms with Crippen LogP contribution in [0.3, 0.4) is 0 Å². The maximum Gasteiger partial charge on any atom is 0.326 e. The van der Waals surface area contributed by atoms with Crippen molar-refractivity contribution in [2.75, 3.05) is 6.54 Å². The molecule has 0 unspecified atom stereocenters. The van der Waals surface area contributed by atoms with E-state index >= 15 is 0 Å². The Kier molecular flexibility index (Phi) is 10.6. The van der Waals surface area contributed by atoms with Crippen LogP contribution in [-0.2, 0) is 14.4 Å². The standard InChI is InChI=1S/C19H25FN4O7/c1-11(25)5-7-14(18(29)30)24-19(31)23-13(17(27)28)4-2-3-9-21-16(26)12-6-8-15(20)22-10-12/h6,8,10,13-14H,2-5,7,9H2,1H3,(H,21,26)(H,27,28)(H,29,30)(H2,23,24,31)/t13-,14-/m0/s1/i20-1. The minimum absolute atomic E-state index is 0.0424. The van der Waals surface area contributed by atoms with E-state index in [4.69, 9.17) is 5.11 Å². The number of nitrogens with zero attached hydrogens (tertiary/aromatic N) is 1. The van der Waals surface area contributed by atoms with Crippen LogP contribution in [0.5, 0.6) is 0 Å². The summed E-state index contributed by atoms with van der Waals surface area (Å²) in [6.45, 7) is 1.51. The summed E-state index contributed by atoms with van der Waals surface area (Å²) < 4.78 is 12.7. The van der Waals surface area contributed by atoms with E-state index < -0.39 is 41.9 Å². The van der Waals surface area contributed by atoms with Crippen molar-refractivity contribution in [2.45, 2.75) is 51.1 Å². The number of carboxylic acids is 2. The molecule has 0 spiro atoms. The van der Waals surface area contributed by atoms with Gasteiger partial charge in [-0.3, -0.25) is 4.79 Å². The normalized spacial score (nSPS) is 12.3. The zero-order valence-corrected chi connectivity index (χ0v) is 16.9. The number of nitrogens with one attached hydrogen (secondary N) is 3. The number of halogens is 1. The molecule has 0 saturated heterocycles. The summed E-state index contributed by atoms with van der Waals surface area (Å²) in [7, 11) is 0. The number of carboxylic acid groups (broad SMARTS) is 2. The Balaban J connectivity index is 2.41. The van der Waals surface area contributed by atoms with Crippen LogP contribution in [0.15, 0.2) is 18.3 Å². The molecule has 11 nitrogen and oxygen atoms in total. The summed E-state index contributed by atoms with van der Waals surface area (Å²) in [4.78, 5) is 60.7. The molecule has 0 aromatic carbocycles. The number of carbonyl (C=O) groups is 5. The van der Waals surface area contributed by atoms with Gasteiger partial charge < -0.3 is 31.0 Å². The molecule has 1 aromatic rings. The zero-order chi connectivity index (χ0) is 23.4. The van der Waals surface area contributed by atoms with Crippen LogP contribution in [0.1, 0.15) is 49.4 Å². The summed E-state index contributed by atoms with van der Waals surface area (Å²) in [5, 5.41) is 25.3. The van der Waals surface area contributed by atoms with E-state index in [1.165, 1.54) is 13.0 Å². The second-order valence-corrected chi connectivity index (χ2v) is 6.76. The van der Waals surface area contributed by atoms with Gasteiger partial charge >= 0.3 is 18.0 Å².